The zero-order chi connectivity index (χ0) is 12.7. The maximum Gasteiger partial charge on any atom is 0.241 e. The number of carbonyl (C=O) groups is 2. The van der Waals surface area contributed by atoms with Crippen LogP contribution < -0.4 is 10.6 Å². The van der Waals surface area contributed by atoms with Crippen molar-refractivity contribution in [3.63, 3.8) is 0 Å². The summed E-state index contributed by atoms with van der Waals surface area (Å²) < 4.78 is 0. The van der Waals surface area contributed by atoms with Gasteiger partial charge in [-0.3, -0.25) is 14.5 Å². The molecule has 0 saturated carbocycles. The van der Waals surface area contributed by atoms with Crippen molar-refractivity contribution in [2.45, 2.75) is 6.92 Å². The summed E-state index contributed by atoms with van der Waals surface area (Å²) in [5, 5.41) is 5.80. The second-order valence-corrected chi connectivity index (χ2v) is 4.32. The van der Waals surface area contributed by atoms with Crippen LogP contribution in [0.4, 0.5) is 0 Å². The predicted molar refractivity (Wildman–Crippen MR) is 65.6 cm³/mol. The van der Waals surface area contributed by atoms with E-state index in [0.717, 1.165) is 32.7 Å². The maximum atomic E-state index is 11.6. The Morgan fingerprint density at radius 1 is 1.35 bits per heavy atom. The quantitative estimate of drug-likeness (QED) is 0.615. The van der Waals surface area contributed by atoms with Crippen molar-refractivity contribution in [1.29, 1.82) is 0 Å². The Balaban J connectivity index is 2.16. The Morgan fingerprint density at radius 2 is 2.00 bits per heavy atom. The Morgan fingerprint density at radius 3 is 2.59 bits per heavy atom. The highest BCUT2D eigenvalue weighted by Gasteiger charge is 2.13. The zero-order valence-electron chi connectivity index (χ0n) is 10.7. The van der Waals surface area contributed by atoms with Gasteiger partial charge >= 0.3 is 0 Å². The van der Waals surface area contributed by atoms with E-state index in [1.54, 1.807) is 11.9 Å². The molecule has 0 radical (unpaired) electrons. The molecular formula is C11H22N4O2. The molecule has 0 bridgehead atoms. The summed E-state index contributed by atoms with van der Waals surface area (Å²) in [6.07, 6.45) is 0. The second kappa shape index (κ2) is 7.24. The van der Waals surface area contributed by atoms with E-state index in [-0.39, 0.29) is 18.4 Å². The number of hydrogen-bond acceptors (Lipinski definition) is 4. The minimum atomic E-state index is -0.172. The average molecular weight is 242 g/mol. The van der Waals surface area contributed by atoms with Crippen molar-refractivity contribution in [2.24, 2.45) is 0 Å². The SMILES string of the molecule is CC(=O)NCC(=O)N(C)CCN1CCNCC1. The minimum Gasteiger partial charge on any atom is -0.347 e. The molecule has 0 aromatic heterocycles. The number of nitrogens with zero attached hydrogens (tertiary/aromatic N) is 2. The highest BCUT2D eigenvalue weighted by atomic mass is 16.2. The normalized spacial score (nSPS) is 16.6. The number of piperazine rings is 1. The van der Waals surface area contributed by atoms with E-state index >= 15 is 0 Å². The fourth-order valence-corrected chi connectivity index (χ4v) is 1.69. The minimum absolute atomic E-state index is 0.0460. The molecule has 1 heterocycles. The number of rotatable bonds is 5. The summed E-state index contributed by atoms with van der Waals surface area (Å²) in [5.74, 6) is -0.218. The fraction of sp³-hybridized carbons (Fsp3) is 0.818. The van der Waals surface area contributed by atoms with Gasteiger partial charge in [0.25, 0.3) is 0 Å². The molecule has 1 aliphatic rings. The third kappa shape index (κ3) is 5.65. The molecule has 1 rings (SSSR count). The molecule has 1 aliphatic heterocycles. The molecule has 17 heavy (non-hydrogen) atoms. The molecule has 2 N–H and O–H groups in total. The number of carbonyl (C=O) groups excluding carboxylic acids is 2. The van der Waals surface area contributed by atoms with Crippen LogP contribution in [-0.4, -0.2) is 74.5 Å². The third-order valence-electron chi connectivity index (χ3n) is 2.88. The van der Waals surface area contributed by atoms with Crippen LogP contribution in [0.2, 0.25) is 0 Å². The molecule has 6 nitrogen and oxygen atoms in total. The highest BCUT2D eigenvalue weighted by Crippen LogP contribution is 1.93. The number of amides is 2. The van der Waals surface area contributed by atoms with Gasteiger partial charge < -0.3 is 15.5 Å². The lowest BCUT2D eigenvalue weighted by molar-refractivity contribution is -0.131. The molecule has 0 aromatic rings. The van der Waals surface area contributed by atoms with Crippen LogP contribution in [0.1, 0.15) is 6.92 Å². The first-order valence-corrected chi connectivity index (χ1v) is 6.01. The van der Waals surface area contributed by atoms with E-state index in [2.05, 4.69) is 15.5 Å². The van der Waals surface area contributed by atoms with Gasteiger partial charge in [-0.25, -0.2) is 0 Å². The molecule has 98 valence electrons. The van der Waals surface area contributed by atoms with E-state index in [4.69, 9.17) is 0 Å². The van der Waals surface area contributed by atoms with Gasteiger partial charge in [0.05, 0.1) is 6.54 Å². The summed E-state index contributed by atoms with van der Waals surface area (Å²) in [6.45, 7) is 7.21. The first kappa shape index (κ1) is 13.9. The molecule has 6 heteroatoms. The summed E-state index contributed by atoms with van der Waals surface area (Å²) in [7, 11) is 1.77. The molecule has 0 aromatic carbocycles. The van der Waals surface area contributed by atoms with Crippen LogP contribution in [0.3, 0.4) is 0 Å². The van der Waals surface area contributed by atoms with E-state index in [1.165, 1.54) is 6.92 Å². The van der Waals surface area contributed by atoms with Crippen molar-refractivity contribution >= 4 is 11.8 Å². The van der Waals surface area contributed by atoms with Crippen LogP contribution in [0, 0.1) is 0 Å². The largest absolute Gasteiger partial charge is 0.347 e. The number of hydrogen-bond donors (Lipinski definition) is 2. The van der Waals surface area contributed by atoms with E-state index in [9.17, 15) is 9.59 Å². The van der Waals surface area contributed by atoms with E-state index in [1.807, 2.05) is 0 Å². The van der Waals surface area contributed by atoms with Crippen LogP contribution in [0.25, 0.3) is 0 Å². The van der Waals surface area contributed by atoms with Gasteiger partial charge in [-0.15, -0.1) is 0 Å². The fourth-order valence-electron chi connectivity index (χ4n) is 1.69. The van der Waals surface area contributed by atoms with Crippen molar-refractivity contribution < 1.29 is 9.59 Å². The molecule has 0 spiro atoms. The van der Waals surface area contributed by atoms with Gasteiger partial charge in [0, 0.05) is 53.2 Å². The van der Waals surface area contributed by atoms with Crippen LogP contribution >= 0.6 is 0 Å². The lowest BCUT2D eigenvalue weighted by atomic mass is 10.3. The molecule has 2 amide bonds. The van der Waals surface area contributed by atoms with Crippen LogP contribution in [-0.2, 0) is 9.59 Å². The van der Waals surface area contributed by atoms with E-state index < -0.39 is 0 Å². The average Bonchev–Trinajstić information content (AvgIpc) is 2.34. The zero-order valence-corrected chi connectivity index (χ0v) is 10.7. The summed E-state index contributed by atoms with van der Waals surface area (Å²) in [5.41, 5.74) is 0. The molecule has 0 aliphatic carbocycles. The topological polar surface area (TPSA) is 64.7 Å². The summed E-state index contributed by atoms with van der Waals surface area (Å²) in [6, 6.07) is 0. The first-order chi connectivity index (χ1) is 8.09. The van der Waals surface area contributed by atoms with Gasteiger partial charge in [0.15, 0.2) is 0 Å². The second-order valence-electron chi connectivity index (χ2n) is 4.32. The highest BCUT2D eigenvalue weighted by molar-refractivity contribution is 5.83. The Kier molecular flexibility index (Phi) is 5.93. The van der Waals surface area contributed by atoms with Crippen molar-refractivity contribution in [3.05, 3.63) is 0 Å². The van der Waals surface area contributed by atoms with Crippen molar-refractivity contribution in [1.82, 2.24) is 20.4 Å². The third-order valence-corrected chi connectivity index (χ3v) is 2.88. The molecule has 0 unspecified atom stereocenters. The first-order valence-electron chi connectivity index (χ1n) is 6.01. The lowest BCUT2D eigenvalue weighted by Crippen LogP contribution is -2.47. The van der Waals surface area contributed by atoms with Gasteiger partial charge in [-0.1, -0.05) is 0 Å². The predicted octanol–water partition coefficient (Wildman–Crippen LogP) is -1.51. The number of nitrogens with one attached hydrogen (secondary N) is 2. The Labute approximate surface area is 102 Å². The lowest BCUT2D eigenvalue weighted by Gasteiger charge is -2.29. The molecule has 0 atom stereocenters. The molecular weight excluding hydrogens is 220 g/mol. The van der Waals surface area contributed by atoms with Gasteiger partial charge in [0.2, 0.25) is 11.8 Å². The van der Waals surface area contributed by atoms with Gasteiger partial charge in [0.1, 0.15) is 0 Å². The monoisotopic (exact) mass is 242 g/mol. The molecule has 1 saturated heterocycles. The smallest absolute Gasteiger partial charge is 0.241 e. The summed E-state index contributed by atoms with van der Waals surface area (Å²) >= 11 is 0. The summed E-state index contributed by atoms with van der Waals surface area (Å²) in [4.78, 5) is 26.3. The number of likely N-dealkylation sites (N-methyl/N-ethyl adjacent to an activating group) is 1. The van der Waals surface area contributed by atoms with Gasteiger partial charge in [-0.05, 0) is 0 Å². The van der Waals surface area contributed by atoms with E-state index in [0.29, 0.717) is 6.54 Å². The Bertz CT molecular complexity index is 264. The Hall–Kier alpha value is -1.14. The molecule has 1 fully saturated rings. The van der Waals surface area contributed by atoms with Gasteiger partial charge in [-0.2, -0.15) is 0 Å². The standard InChI is InChI=1S/C11H22N4O2/c1-10(16)13-9-11(17)14(2)7-8-15-5-3-12-4-6-15/h12H,3-9H2,1-2H3,(H,13,16). The van der Waals surface area contributed by atoms with Crippen molar-refractivity contribution in [3.8, 4) is 0 Å². The van der Waals surface area contributed by atoms with Crippen molar-refractivity contribution in [2.75, 3.05) is 52.9 Å². The van der Waals surface area contributed by atoms with Crippen LogP contribution in [0.15, 0.2) is 0 Å². The maximum absolute atomic E-state index is 11.6. The van der Waals surface area contributed by atoms with Crippen LogP contribution in [0.5, 0.6) is 0 Å².